The predicted molar refractivity (Wildman–Crippen MR) is 121 cm³/mol. The second-order valence-electron chi connectivity index (χ2n) is 8.33. The minimum atomic E-state index is -0.621. The molecule has 1 amide bonds. The van der Waals surface area contributed by atoms with Crippen LogP contribution in [0.25, 0.3) is 0 Å². The zero-order valence-corrected chi connectivity index (χ0v) is 18.9. The van der Waals surface area contributed by atoms with E-state index in [0.29, 0.717) is 12.8 Å². The molecule has 0 unspecified atom stereocenters. The van der Waals surface area contributed by atoms with E-state index in [1.807, 2.05) is 30.3 Å². The summed E-state index contributed by atoms with van der Waals surface area (Å²) in [4.78, 5) is 37.1. The van der Waals surface area contributed by atoms with Gasteiger partial charge in [0.05, 0.1) is 18.9 Å². The largest absolute Gasteiger partial charge is 0.460 e. The molecule has 6 heteroatoms. The van der Waals surface area contributed by atoms with Crippen molar-refractivity contribution in [1.82, 2.24) is 5.32 Å². The number of ether oxygens (including phenoxy) is 2. The summed E-state index contributed by atoms with van der Waals surface area (Å²) in [5, 5.41) is 2.82. The first-order chi connectivity index (χ1) is 14.7. The van der Waals surface area contributed by atoms with Gasteiger partial charge < -0.3 is 14.8 Å². The molecule has 31 heavy (non-hydrogen) atoms. The second kappa shape index (κ2) is 13.4. The number of amides is 1. The van der Waals surface area contributed by atoms with Crippen LogP contribution < -0.4 is 5.32 Å². The lowest BCUT2D eigenvalue weighted by atomic mass is 10.00. The summed E-state index contributed by atoms with van der Waals surface area (Å²) in [6.07, 6.45) is 4.70. The number of unbranched alkanes of at least 4 members (excludes halogenated alkanes) is 1. The highest BCUT2D eigenvalue weighted by Gasteiger charge is 2.26. The Balaban J connectivity index is 2.77. The van der Waals surface area contributed by atoms with E-state index in [2.05, 4.69) is 18.5 Å². The second-order valence-corrected chi connectivity index (χ2v) is 8.33. The van der Waals surface area contributed by atoms with E-state index in [-0.39, 0.29) is 31.3 Å². The molecule has 2 atom stereocenters. The first-order valence-electron chi connectivity index (χ1n) is 10.6. The van der Waals surface area contributed by atoms with Crippen molar-refractivity contribution in [2.45, 2.75) is 64.6 Å². The maximum Gasteiger partial charge on any atom is 0.307 e. The number of nitrogens with one attached hydrogen (secondary N) is 1. The highest BCUT2D eigenvalue weighted by atomic mass is 16.6. The van der Waals surface area contributed by atoms with E-state index >= 15 is 0 Å². The third kappa shape index (κ3) is 11.2. The third-order valence-corrected chi connectivity index (χ3v) is 4.35. The van der Waals surface area contributed by atoms with E-state index in [0.717, 1.165) is 12.0 Å². The number of hydrogen-bond acceptors (Lipinski definition) is 5. The summed E-state index contributed by atoms with van der Waals surface area (Å²) in [7, 11) is 0. The predicted octanol–water partition coefficient (Wildman–Crippen LogP) is 4.67. The van der Waals surface area contributed by atoms with Crippen LogP contribution in [0.1, 0.15) is 64.5 Å². The average molecular weight is 430 g/mol. The molecule has 1 aromatic carbocycles. The van der Waals surface area contributed by atoms with Crippen molar-refractivity contribution < 1.29 is 23.9 Å². The highest BCUT2D eigenvalue weighted by Crippen LogP contribution is 2.19. The van der Waals surface area contributed by atoms with Crippen molar-refractivity contribution >= 4 is 17.8 Å². The zero-order valence-electron chi connectivity index (χ0n) is 18.9. The topological polar surface area (TPSA) is 81.7 Å². The van der Waals surface area contributed by atoms with Crippen LogP contribution in [-0.4, -0.2) is 30.0 Å². The summed E-state index contributed by atoms with van der Waals surface area (Å²) < 4.78 is 10.9. The molecule has 1 rings (SSSR count). The maximum atomic E-state index is 12.7. The van der Waals surface area contributed by atoms with Gasteiger partial charge in [-0.3, -0.25) is 14.4 Å². The molecular formula is C25H35NO5. The molecule has 0 aliphatic carbocycles. The van der Waals surface area contributed by atoms with Gasteiger partial charge in [0, 0.05) is 6.42 Å². The van der Waals surface area contributed by atoms with Crippen molar-refractivity contribution in [1.29, 1.82) is 0 Å². The fraction of sp³-hybridized carbons (Fsp3) is 0.480. The highest BCUT2D eigenvalue weighted by molar-refractivity contribution is 5.84. The standard InChI is InChI=1S/C25H35NO5/c1-6-8-10-16-22(27)30-21(19-14-11-9-12-15-19)18-26-24(29)20(13-7-2)17-23(28)31-25(3,4)5/h6-7,9,11-12,14-15,20-21H,1-2,8,10,13,16-18H2,3-5H3,(H,26,29)/t20-,21-/m0/s1. The quantitative estimate of drug-likeness (QED) is 0.280. The van der Waals surface area contributed by atoms with Gasteiger partial charge >= 0.3 is 11.9 Å². The third-order valence-electron chi connectivity index (χ3n) is 4.35. The molecule has 0 spiro atoms. The van der Waals surface area contributed by atoms with E-state index in [1.54, 1.807) is 32.9 Å². The van der Waals surface area contributed by atoms with Gasteiger partial charge in [0.25, 0.3) is 0 Å². The van der Waals surface area contributed by atoms with E-state index in [4.69, 9.17) is 9.47 Å². The summed E-state index contributed by atoms with van der Waals surface area (Å²) in [5.41, 5.74) is 0.164. The Morgan fingerprint density at radius 2 is 1.74 bits per heavy atom. The maximum absolute atomic E-state index is 12.7. The number of carbonyl (C=O) groups excluding carboxylic acids is 3. The van der Waals surface area contributed by atoms with Gasteiger partial charge in [0.1, 0.15) is 11.7 Å². The number of benzene rings is 1. The molecule has 0 aromatic heterocycles. The molecule has 6 nitrogen and oxygen atoms in total. The minimum absolute atomic E-state index is 0.0491. The molecule has 0 radical (unpaired) electrons. The van der Waals surface area contributed by atoms with Gasteiger partial charge in [-0.1, -0.05) is 42.5 Å². The average Bonchev–Trinajstić information content (AvgIpc) is 2.70. The lowest BCUT2D eigenvalue weighted by molar-refractivity contribution is -0.157. The molecule has 0 aliphatic rings. The Labute approximate surface area is 185 Å². The van der Waals surface area contributed by atoms with Crippen molar-refractivity contribution in [3.63, 3.8) is 0 Å². The van der Waals surface area contributed by atoms with Crippen molar-refractivity contribution in [3.05, 3.63) is 61.2 Å². The summed E-state index contributed by atoms with van der Waals surface area (Å²) in [6.45, 7) is 12.8. The van der Waals surface area contributed by atoms with Crippen LogP contribution in [0.3, 0.4) is 0 Å². The lowest BCUT2D eigenvalue weighted by Crippen LogP contribution is -2.36. The number of allylic oxidation sites excluding steroid dienone is 2. The summed E-state index contributed by atoms with van der Waals surface area (Å²) >= 11 is 0. The first kappa shape index (κ1) is 26.1. The van der Waals surface area contributed by atoms with Crippen molar-refractivity contribution in [2.75, 3.05) is 6.54 Å². The van der Waals surface area contributed by atoms with Gasteiger partial charge in [-0.25, -0.2) is 0 Å². The van der Waals surface area contributed by atoms with Gasteiger partial charge in [-0.05, 0) is 45.6 Å². The molecule has 0 saturated carbocycles. The Morgan fingerprint density at radius 1 is 1.06 bits per heavy atom. The van der Waals surface area contributed by atoms with Crippen LogP contribution in [0.2, 0.25) is 0 Å². The normalized spacial score (nSPS) is 12.9. The van der Waals surface area contributed by atoms with E-state index < -0.39 is 23.6 Å². The van der Waals surface area contributed by atoms with E-state index in [1.165, 1.54) is 0 Å². The lowest BCUT2D eigenvalue weighted by Gasteiger charge is -2.23. The molecule has 0 aliphatic heterocycles. The molecule has 0 saturated heterocycles. The van der Waals surface area contributed by atoms with Crippen LogP contribution >= 0.6 is 0 Å². The Bertz CT molecular complexity index is 736. The Kier molecular flexibility index (Phi) is 11.3. The number of carbonyl (C=O) groups is 3. The molecule has 0 heterocycles. The Hall–Kier alpha value is -2.89. The molecular weight excluding hydrogens is 394 g/mol. The fourth-order valence-corrected chi connectivity index (χ4v) is 2.91. The van der Waals surface area contributed by atoms with Gasteiger partial charge in [-0.2, -0.15) is 0 Å². The SMILES string of the molecule is C=CCCCC(=O)O[C@@H](CNC(=O)[C@@H](CC=C)CC(=O)OC(C)(C)C)c1ccccc1. The van der Waals surface area contributed by atoms with Crippen molar-refractivity contribution in [2.24, 2.45) is 5.92 Å². The smallest absolute Gasteiger partial charge is 0.307 e. The van der Waals surface area contributed by atoms with Crippen LogP contribution in [0.15, 0.2) is 55.6 Å². The molecule has 0 bridgehead atoms. The van der Waals surface area contributed by atoms with Crippen LogP contribution in [0.5, 0.6) is 0 Å². The monoisotopic (exact) mass is 429 g/mol. The number of esters is 2. The molecule has 1 N–H and O–H groups in total. The summed E-state index contributed by atoms with van der Waals surface area (Å²) in [5.74, 6) is -1.69. The molecule has 0 fully saturated rings. The fourth-order valence-electron chi connectivity index (χ4n) is 2.91. The van der Waals surface area contributed by atoms with Gasteiger partial charge in [-0.15, -0.1) is 13.2 Å². The summed E-state index contributed by atoms with van der Waals surface area (Å²) in [6, 6.07) is 9.25. The Morgan fingerprint density at radius 3 is 2.32 bits per heavy atom. The van der Waals surface area contributed by atoms with Crippen LogP contribution in [-0.2, 0) is 23.9 Å². The van der Waals surface area contributed by atoms with Crippen LogP contribution in [0.4, 0.5) is 0 Å². The zero-order chi connectivity index (χ0) is 23.3. The van der Waals surface area contributed by atoms with Gasteiger partial charge in [0.15, 0.2) is 0 Å². The van der Waals surface area contributed by atoms with E-state index in [9.17, 15) is 14.4 Å². The molecule has 170 valence electrons. The van der Waals surface area contributed by atoms with Crippen LogP contribution in [0, 0.1) is 5.92 Å². The molecule has 1 aromatic rings. The number of rotatable bonds is 13. The first-order valence-corrected chi connectivity index (χ1v) is 10.6. The number of hydrogen-bond donors (Lipinski definition) is 1. The van der Waals surface area contributed by atoms with Crippen molar-refractivity contribution in [3.8, 4) is 0 Å². The van der Waals surface area contributed by atoms with Gasteiger partial charge in [0.2, 0.25) is 5.91 Å². The minimum Gasteiger partial charge on any atom is -0.460 e.